The fraction of sp³-hybridized carbons (Fsp3) is 0.105. The Morgan fingerprint density at radius 3 is 1.40 bits per heavy atom. The van der Waals surface area contributed by atoms with Gasteiger partial charge in [-0.3, -0.25) is 0 Å². The molecule has 0 amide bonds. The van der Waals surface area contributed by atoms with Crippen LogP contribution in [0.15, 0.2) is 176 Å². The van der Waals surface area contributed by atoms with Gasteiger partial charge in [0.15, 0.2) is 17.5 Å². The lowest BCUT2D eigenvalue weighted by molar-refractivity contribution is 0.660. The van der Waals surface area contributed by atoms with Crippen LogP contribution in [0.5, 0.6) is 0 Å². The van der Waals surface area contributed by atoms with Gasteiger partial charge in [0, 0.05) is 27.5 Å². The quantitative estimate of drug-likeness (QED) is 0.167. The van der Waals surface area contributed by atoms with E-state index in [1.54, 1.807) is 0 Å². The second kappa shape index (κ2) is 12.6. The maximum Gasteiger partial charge on any atom is 0.164 e. The van der Waals surface area contributed by atoms with Crippen molar-refractivity contribution in [3.8, 4) is 67.5 Å². The number of fused-ring (bicyclic) bond motifs is 12. The highest BCUT2D eigenvalue weighted by Gasteiger charge is 2.37. The molecular formula is C57H41N3. The lowest BCUT2D eigenvalue weighted by Crippen LogP contribution is -2.15. The number of rotatable bonds is 4. The van der Waals surface area contributed by atoms with E-state index in [4.69, 9.17) is 15.0 Å². The number of nitrogens with zero attached hydrogens (tertiary/aromatic N) is 3. The first-order chi connectivity index (χ1) is 29.2. The highest BCUT2D eigenvalue weighted by atomic mass is 15.0. The van der Waals surface area contributed by atoms with Crippen LogP contribution in [0.1, 0.15) is 49.9 Å². The van der Waals surface area contributed by atoms with E-state index in [1.807, 2.05) is 0 Å². The molecule has 3 heteroatoms. The van der Waals surface area contributed by atoms with Gasteiger partial charge in [0.2, 0.25) is 0 Å². The zero-order valence-electron chi connectivity index (χ0n) is 34.1. The van der Waals surface area contributed by atoms with E-state index in [0.717, 1.165) is 27.8 Å². The molecule has 9 aromatic carbocycles. The normalized spacial score (nSPS) is 14.3. The monoisotopic (exact) mass is 767 g/mol. The van der Waals surface area contributed by atoms with E-state index < -0.39 is 0 Å². The van der Waals surface area contributed by atoms with Crippen LogP contribution in [0.25, 0.3) is 99.9 Å². The zero-order valence-corrected chi connectivity index (χ0v) is 34.1. The minimum atomic E-state index is -0.148. The van der Waals surface area contributed by atoms with Crippen molar-refractivity contribution in [2.45, 2.75) is 38.5 Å². The van der Waals surface area contributed by atoms with Gasteiger partial charge < -0.3 is 0 Å². The minimum absolute atomic E-state index is 0.0761. The molecule has 2 aliphatic carbocycles. The Balaban J connectivity index is 1.07. The smallest absolute Gasteiger partial charge is 0.164 e. The number of hydrogen-bond acceptors (Lipinski definition) is 3. The van der Waals surface area contributed by atoms with Crippen molar-refractivity contribution in [2.24, 2.45) is 0 Å². The van der Waals surface area contributed by atoms with Crippen molar-refractivity contribution in [1.29, 1.82) is 0 Å². The maximum absolute atomic E-state index is 5.32. The third-order valence-electron chi connectivity index (χ3n) is 13.5. The molecule has 0 radical (unpaired) electrons. The van der Waals surface area contributed by atoms with E-state index >= 15 is 0 Å². The molecule has 0 atom stereocenters. The first-order valence-corrected chi connectivity index (χ1v) is 20.9. The van der Waals surface area contributed by atoms with Gasteiger partial charge in [0.25, 0.3) is 0 Å². The van der Waals surface area contributed by atoms with Crippen molar-refractivity contribution < 1.29 is 0 Å². The Hall–Kier alpha value is -7.23. The summed E-state index contributed by atoms with van der Waals surface area (Å²) in [6.07, 6.45) is 0. The van der Waals surface area contributed by atoms with E-state index in [1.165, 1.54) is 76.8 Å². The van der Waals surface area contributed by atoms with E-state index in [-0.39, 0.29) is 10.8 Å². The predicted molar refractivity (Wildman–Crippen MR) is 249 cm³/mol. The van der Waals surface area contributed by atoms with E-state index in [0.29, 0.717) is 17.5 Å². The summed E-state index contributed by atoms with van der Waals surface area (Å²) in [6.45, 7) is 9.35. The van der Waals surface area contributed by atoms with Gasteiger partial charge in [-0.15, -0.1) is 0 Å². The Morgan fingerprint density at radius 1 is 0.267 bits per heavy atom. The fourth-order valence-corrected chi connectivity index (χ4v) is 10.4. The second-order valence-corrected chi connectivity index (χ2v) is 17.6. The first kappa shape index (κ1) is 34.8. The van der Waals surface area contributed by atoms with Crippen LogP contribution in [-0.4, -0.2) is 15.0 Å². The average molecular weight is 768 g/mol. The van der Waals surface area contributed by atoms with Crippen LogP contribution in [-0.2, 0) is 10.8 Å². The van der Waals surface area contributed by atoms with Crippen molar-refractivity contribution >= 4 is 32.3 Å². The first-order valence-electron chi connectivity index (χ1n) is 20.9. The van der Waals surface area contributed by atoms with Gasteiger partial charge in [0.1, 0.15) is 0 Å². The Labute approximate surface area is 350 Å². The van der Waals surface area contributed by atoms with Gasteiger partial charge in [-0.25, -0.2) is 15.0 Å². The van der Waals surface area contributed by atoms with Crippen molar-refractivity contribution in [2.75, 3.05) is 0 Å². The molecule has 60 heavy (non-hydrogen) atoms. The summed E-state index contributed by atoms with van der Waals surface area (Å²) >= 11 is 0. The summed E-state index contributed by atoms with van der Waals surface area (Å²) in [7, 11) is 0. The Morgan fingerprint density at radius 2 is 0.717 bits per heavy atom. The largest absolute Gasteiger partial charge is 0.208 e. The number of aromatic nitrogens is 3. The van der Waals surface area contributed by atoms with Gasteiger partial charge in [0.05, 0.1) is 0 Å². The summed E-state index contributed by atoms with van der Waals surface area (Å²) in [5, 5.41) is 7.44. The van der Waals surface area contributed by atoms with Crippen molar-refractivity contribution in [3.63, 3.8) is 0 Å². The zero-order chi connectivity index (χ0) is 40.3. The predicted octanol–water partition coefficient (Wildman–Crippen LogP) is 14.6. The molecule has 284 valence electrons. The molecule has 0 fully saturated rings. The van der Waals surface area contributed by atoms with Gasteiger partial charge >= 0.3 is 0 Å². The van der Waals surface area contributed by atoms with Crippen LogP contribution in [0.2, 0.25) is 0 Å². The van der Waals surface area contributed by atoms with Gasteiger partial charge in [-0.1, -0.05) is 173 Å². The molecule has 12 rings (SSSR count). The average Bonchev–Trinajstić information content (AvgIpc) is 3.67. The summed E-state index contributed by atoms with van der Waals surface area (Å²) in [5.74, 6) is 1.96. The highest BCUT2D eigenvalue weighted by Crippen LogP contribution is 2.52. The topological polar surface area (TPSA) is 38.7 Å². The third kappa shape index (κ3) is 5.05. The van der Waals surface area contributed by atoms with Crippen LogP contribution >= 0.6 is 0 Å². The molecule has 1 heterocycles. The van der Waals surface area contributed by atoms with Crippen LogP contribution < -0.4 is 0 Å². The fourth-order valence-electron chi connectivity index (χ4n) is 10.4. The highest BCUT2D eigenvalue weighted by molar-refractivity contribution is 6.26. The van der Waals surface area contributed by atoms with Crippen LogP contribution in [0.4, 0.5) is 0 Å². The Bertz CT molecular complexity index is 3430. The minimum Gasteiger partial charge on any atom is -0.208 e. The summed E-state index contributed by atoms with van der Waals surface area (Å²) in [6, 6.07) is 64.0. The molecule has 0 spiro atoms. The number of benzene rings is 9. The Kier molecular flexibility index (Phi) is 7.32. The number of hydrogen-bond donors (Lipinski definition) is 0. The molecule has 2 aliphatic rings. The van der Waals surface area contributed by atoms with Gasteiger partial charge in [-0.05, 0) is 118 Å². The lowest BCUT2D eigenvalue weighted by Gasteiger charge is -2.22. The summed E-state index contributed by atoms with van der Waals surface area (Å²) in [4.78, 5) is 15.9. The third-order valence-corrected chi connectivity index (χ3v) is 13.5. The molecule has 0 unspecified atom stereocenters. The maximum atomic E-state index is 5.32. The van der Waals surface area contributed by atoms with Gasteiger partial charge in [-0.2, -0.15) is 0 Å². The van der Waals surface area contributed by atoms with E-state index in [2.05, 4.69) is 204 Å². The lowest BCUT2D eigenvalue weighted by atomic mass is 9.81. The van der Waals surface area contributed by atoms with Crippen LogP contribution in [0.3, 0.4) is 0 Å². The summed E-state index contributed by atoms with van der Waals surface area (Å²) in [5.41, 5.74) is 15.6. The van der Waals surface area contributed by atoms with Crippen molar-refractivity contribution in [3.05, 3.63) is 198 Å². The second-order valence-electron chi connectivity index (χ2n) is 17.6. The van der Waals surface area contributed by atoms with Crippen molar-refractivity contribution in [1.82, 2.24) is 15.0 Å². The van der Waals surface area contributed by atoms with Crippen LogP contribution in [0, 0.1) is 0 Å². The SMILES string of the molecule is CC1(C)c2ccccc2-c2ccc(-c3nc(-c4cccc(-c5ccccc5)c4)nc(-c4ccc5c(c4)c4ccccc4c4cc6c(cc54)-c4ccccc4C6(C)C)n3)cc21. The molecule has 0 N–H and O–H groups in total. The molecule has 1 aromatic heterocycles. The molecular weight excluding hydrogens is 727 g/mol. The summed E-state index contributed by atoms with van der Waals surface area (Å²) < 4.78 is 0. The molecule has 0 saturated carbocycles. The molecule has 3 nitrogen and oxygen atoms in total. The molecule has 0 bridgehead atoms. The molecule has 0 saturated heterocycles. The molecule has 10 aromatic rings. The molecule has 0 aliphatic heterocycles. The van der Waals surface area contributed by atoms with E-state index in [9.17, 15) is 0 Å². The standard InChI is InChI=1S/C57H41N3/c1-56(2)49-23-12-10-21-42(49)44-28-26-38(31-51(44)56)55-59-53(36-18-14-17-35(29-36)34-15-6-5-7-16-34)58-54(60-55)37-25-27-41-45(30-37)39-19-8-9-20-40(39)47-33-52-48(32-46(41)47)43-22-11-13-24-50(43)57(52,3)4/h5-33H,1-4H3.